The van der Waals surface area contributed by atoms with Crippen molar-refractivity contribution in [3.63, 3.8) is 0 Å². The van der Waals surface area contributed by atoms with Gasteiger partial charge in [-0.1, -0.05) is 6.07 Å². The number of nitrogens with two attached hydrogens (primary N) is 1. The van der Waals surface area contributed by atoms with Gasteiger partial charge in [0.05, 0.1) is 5.56 Å². The van der Waals surface area contributed by atoms with Crippen molar-refractivity contribution < 1.29 is 18.0 Å². The number of hydrogen-bond donors (Lipinski definition) is 2. The number of amides is 1. The Morgan fingerprint density at radius 2 is 1.91 bits per heavy atom. The summed E-state index contributed by atoms with van der Waals surface area (Å²) in [6.45, 7) is 3.65. The van der Waals surface area contributed by atoms with Gasteiger partial charge in [0.15, 0.2) is 0 Å². The second kappa shape index (κ2) is 7.65. The fourth-order valence-electron chi connectivity index (χ4n) is 2.64. The number of nitrogens with one attached hydrogen (secondary N) is 1. The van der Waals surface area contributed by atoms with Gasteiger partial charge in [-0.05, 0) is 31.2 Å². The van der Waals surface area contributed by atoms with Crippen LogP contribution in [0.3, 0.4) is 0 Å². The lowest BCUT2D eigenvalue weighted by Gasteiger charge is -2.36. The first kappa shape index (κ1) is 17.6. The van der Waals surface area contributed by atoms with Crippen LogP contribution in [0.4, 0.5) is 18.9 Å². The predicted molar refractivity (Wildman–Crippen MR) is 81.7 cm³/mol. The van der Waals surface area contributed by atoms with Crippen molar-refractivity contribution in [1.82, 2.24) is 10.3 Å². The highest BCUT2D eigenvalue weighted by molar-refractivity contribution is 5.75. The normalized spacial score (nSPS) is 16.4. The molecule has 2 rings (SSSR count). The molecule has 1 amide bonds. The van der Waals surface area contributed by atoms with Crippen molar-refractivity contribution in [1.29, 1.82) is 0 Å². The van der Waals surface area contributed by atoms with E-state index >= 15 is 0 Å². The van der Waals surface area contributed by atoms with E-state index in [1.807, 2.05) is 4.90 Å². The first-order chi connectivity index (χ1) is 10.9. The molecule has 1 aliphatic rings. The van der Waals surface area contributed by atoms with Crippen LogP contribution in [0.15, 0.2) is 24.3 Å². The molecule has 0 saturated carbocycles. The molecule has 1 fully saturated rings. The zero-order valence-corrected chi connectivity index (χ0v) is 12.8. The molecule has 128 valence electrons. The fourth-order valence-corrected chi connectivity index (χ4v) is 2.64. The standard InChI is InChI=1S/C15H21F3N4O/c16-15(17,18)12-3-1-4-13(11-12)22-9-7-21(8-10-22)6-2-5-14(23)20-19/h1,3-4,11H,2,5-10,19H2,(H,20,23). The van der Waals surface area contributed by atoms with Gasteiger partial charge >= 0.3 is 6.18 Å². The molecule has 1 heterocycles. The summed E-state index contributed by atoms with van der Waals surface area (Å²) in [4.78, 5) is 15.2. The number of nitrogens with zero attached hydrogens (tertiary/aromatic N) is 2. The average Bonchev–Trinajstić information content (AvgIpc) is 2.54. The average molecular weight is 330 g/mol. The highest BCUT2D eigenvalue weighted by Crippen LogP contribution is 2.31. The number of hydrazine groups is 1. The number of halogens is 3. The molecule has 0 radical (unpaired) electrons. The molecular weight excluding hydrogens is 309 g/mol. The highest BCUT2D eigenvalue weighted by Gasteiger charge is 2.31. The minimum Gasteiger partial charge on any atom is -0.369 e. The number of carbonyl (C=O) groups is 1. The summed E-state index contributed by atoms with van der Waals surface area (Å²) in [7, 11) is 0. The second-order valence-corrected chi connectivity index (χ2v) is 5.55. The van der Waals surface area contributed by atoms with E-state index in [9.17, 15) is 18.0 Å². The van der Waals surface area contributed by atoms with Gasteiger partial charge in [0.2, 0.25) is 5.91 Å². The SMILES string of the molecule is NNC(=O)CCCN1CCN(c2cccc(C(F)(F)F)c2)CC1. The summed E-state index contributed by atoms with van der Waals surface area (Å²) in [5.41, 5.74) is 2.07. The van der Waals surface area contributed by atoms with Gasteiger partial charge in [-0.25, -0.2) is 5.84 Å². The summed E-state index contributed by atoms with van der Waals surface area (Å²) < 4.78 is 38.3. The molecule has 0 spiro atoms. The monoisotopic (exact) mass is 330 g/mol. The van der Waals surface area contributed by atoms with Crippen LogP contribution in [-0.2, 0) is 11.0 Å². The van der Waals surface area contributed by atoms with Crippen molar-refractivity contribution >= 4 is 11.6 Å². The van der Waals surface area contributed by atoms with Gasteiger partial charge in [0.25, 0.3) is 0 Å². The van der Waals surface area contributed by atoms with Crippen LogP contribution in [0.25, 0.3) is 0 Å². The number of anilines is 1. The van der Waals surface area contributed by atoms with Crippen LogP contribution >= 0.6 is 0 Å². The Balaban J connectivity index is 1.84. The molecule has 5 nitrogen and oxygen atoms in total. The van der Waals surface area contributed by atoms with Crippen LogP contribution < -0.4 is 16.2 Å². The van der Waals surface area contributed by atoms with Crippen LogP contribution in [0.1, 0.15) is 18.4 Å². The molecule has 0 atom stereocenters. The van der Waals surface area contributed by atoms with E-state index in [0.717, 1.165) is 25.7 Å². The minimum absolute atomic E-state index is 0.187. The van der Waals surface area contributed by atoms with Crippen molar-refractivity contribution in [3.05, 3.63) is 29.8 Å². The van der Waals surface area contributed by atoms with Gasteiger partial charge in [0, 0.05) is 38.3 Å². The largest absolute Gasteiger partial charge is 0.416 e. The third kappa shape index (κ3) is 5.11. The maximum absolute atomic E-state index is 12.8. The van der Waals surface area contributed by atoms with Crippen LogP contribution in [-0.4, -0.2) is 43.5 Å². The highest BCUT2D eigenvalue weighted by atomic mass is 19.4. The van der Waals surface area contributed by atoms with Gasteiger partial charge in [-0.3, -0.25) is 15.1 Å². The van der Waals surface area contributed by atoms with E-state index in [-0.39, 0.29) is 5.91 Å². The Hall–Kier alpha value is -1.80. The van der Waals surface area contributed by atoms with Gasteiger partial charge < -0.3 is 4.90 Å². The maximum atomic E-state index is 12.8. The lowest BCUT2D eigenvalue weighted by atomic mass is 10.1. The van der Waals surface area contributed by atoms with Gasteiger partial charge in [-0.2, -0.15) is 13.2 Å². The van der Waals surface area contributed by atoms with E-state index in [1.54, 1.807) is 6.07 Å². The minimum atomic E-state index is -4.32. The summed E-state index contributed by atoms with van der Waals surface area (Å²) in [5.74, 6) is 4.83. The summed E-state index contributed by atoms with van der Waals surface area (Å²) in [6, 6.07) is 5.43. The molecule has 1 aromatic carbocycles. The Bertz CT molecular complexity index is 528. The third-order valence-electron chi connectivity index (χ3n) is 3.95. The quantitative estimate of drug-likeness (QED) is 0.489. The number of hydrogen-bond acceptors (Lipinski definition) is 4. The first-order valence-corrected chi connectivity index (χ1v) is 7.54. The van der Waals surface area contributed by atoms with Crippen molar-refractivity contribution in [2.24, 2.45) is 5.84 Å². The lowest BCUT2D eigenvalue weighted by molar-refractivity contribution is -0.137. The number of piperazine rings is 1. The molecule has 8 heteroatoms. The second-order valence-electron chi connectivity index (χ2n) is 5.55. The third-order valence-corrected chi connectivity index (χ3v) is 3.95. The molecule has 0 aliphatic carbocycles. The predicted octanol–water partition coefficient (Wildman–Crippen LogP) is 1.60. The Kier molecular flexibility index (Phi) is 5.84. The van der Waals surface area contributed by atoms with E-state index in [2.05, 4.69) is 10.3 Å². The zero-order valence-electron chi connectivity index (χ0n) is 12.8. The van der Waals surface area contributed by atoms with Crippen molar-refractivity contribution in [3.8, 4) is 0 Å². The molecule has 1 aromatic rings. The molecular formula is C15H21F3N4O. The first-order valence-electron chi connectivity index (χ1n) is 7.54. The van der Waals surface area contributed by atoms with E-state index in [4.69, 9.17) is 5.84 Å². The maximum Gasteiger partial charge on any atom is 0.416 e. The molecule has 1 saturated heterocycles. The van der Waals surface area contributed by atoms with Crippen LogP contribution in [0.5, 0.6) is 0 Å². The Labute approximate surface area is 133 Å². The van der Waals surface area contributed by atoms with Crippen LogP contribution in [0, 0.1) is 0 Å². The van der Waals surface area contributed by atoms with E-state index < -0.39 is 11.7 Å². The van der Waals surface area contributed by atoms with Crippen molar-refractivity contribution in [2.45, 2.75) is 19.0 Å². The summed E-state index contributed by atoms with van der Waals surface area (Å²) in [6.07, 6.45) is -3.22. The molecule has 0 bridgehead atoms. The smallest absolute Gasteiger partial charge is 0.369 e. The molecule has 1 aliphatic heterocycles. The molecule has 0 aromatic heterocycles. The Morgan fingerprint density at radius 1 is 1.22 bits per heavy atom. The van der Waals surface area contributed by atoms with Gasteiger partial charge in [-0.15, -0.1) is 0 Å². The van der Waals surface area contributed by atoms with Gasteiger partial charge in [0.1, 0.15) is 0 Å². The number of rotatable bonds is 5. The van der Waals surface area contributed by atoms with Crippen LogP contribution in [0.2, 0.25) is 0 Å². The lowest BCUT2D eigenvalue weighted by Crippen LogP contribution is -2.46. The number of alkyl halides is 3. The number of carbonyl (C=O) groups excluding carboxylic acids is 1. The molecule has 3 N–H and O–H groups in total. The van der Waals surface area contributed by atoms with Crippen molar-refractivity contribution in [2.75, 3.05) is 37.6 Å². The van der Waals surface area contributed by atoms with E-state index in [0.29, 0.717) is 31.6 Å². The topological polar surface area (TPSA) is 61.6 Å². The molecule has 23 heavy (non-hydrogen) atoms. The zero-order chi connectivity index (χ0) is 16.9. The molecule has 0 unspecified atom stereocenters. The number of benzene rings is 1. The van der Waals surface area contributed by atoms with E-state index in [1.165, 1.54) is 12.1 Å². The Morgan fingerprint density at radius 3 is 2.52 bits per heavy atom. The summed E-state index contributed by atoms with van der Waals surface area (Å²) >= 11 is 0. The summed E-state index contributed by atoms with van der Waals surface area (Å²) in [5, 5.41) is 0. The fraction of sp³-hybridized carbons (Fsp3) is 0.533.